The first-order chi connectivity index (χ1) is 28.7. The van der Waals surface area contributed by atoms with Gasteiger partial charge in [-0.2, -0.15) is 0 Å². The molecule has 1 heterocycles. The molecule has 0 unspecified atom stereocenters. The van der Waals surface area contributed by atoms with Crippen molar-refractivity contribution in [3.05, 3.63) is 224 Å². The van der Waals surface area contributed by atoms with E-state index in [1.807, 2.05) is 12.1 Å². The van der Waals surface area contributed by atoms with Gasteiger partial charge < -0.3 is 9.32 Å². The highest BCUT2D eigenvalue weighted by atomic mass is 16.3. The van der Waals surface area contributed by atoms with Crippen molar-refractivity contribution >= 4 is 60.5 Å². The van der Waals surface area contributed by atoms with Crippen LogP contribution >= 0.6 is 0 Å². The molecule has 0 N–H and O–H groups in total. The number of fused-ring (bicyclic) bond motifs is 5. The third kappa shape index (κ3) is 6.00. The fourth-order valence-electron chi connectivity index (χ4n) is 8.55. The van der Waals surface area contributed by atoms with Crippen molar-refractivity contribution in [3.8, 4) is 44.5 Å². The molecule has 0 radical (unpaired) electrons. The Hall–Kier alpha value is -7.68. The molecular formula is C56H37NO. The lowest BCUT2D eigenvalue weighted by molar-refractivity contribution is 0.670. The fraction of sp³-hybridized carbons (Fsp3) is 0. The molecule has 11 rings (SSSR count). The second-order valence-electron chi connectivity index (χ2n) is 14.9. The molecule has 0 saturated heterocycles. The number of para-hydroxylation sites is 2. The summed E-state index contributed by atoms with van der Waals surface area (Å²) in [6.07, 6.45) is 0. The molecule has 0 atom stereocenters. The van der Waals surface area contributed by atoms with E-state index in [9.17, 15) is 0 Å². The number of nitrogens with zero attached hydrogens (tertiary/aromatic N) is 1. The first kappa shape index (κ1) is 33.6. The summed E-state index contributed by atoms with van der Waals surface area (Å²) in [5.74, 6) is 0. The minimum atomic E-state index is 0.905. The average Bonchev–Trinajstić information content (AvgIpc) is 3.68. The molecule has 272 valence electrons. The summed E-state index contributed by atoms with van der Waals surface area (Å²) in [4.78, 5) is 2.37. The largest absolute Gasteiger partial charge is 0.455 e. The molecule has 0 spiro atoms. The van der Waals surface area contributed by atoms with Crippen LogP contribution in [0.1, 0.15) is 0 Å². The van der Waals surface area contributed by atoms with Gasteiger partial charge in [0.25, 0.3) is 0 Å². The zero-order valence-electron chi connectivity index (χ0n) is 31.7. The zero-order chi connectivity index (χ0) is 38.4. The first-order valence-electron chi connectivity index (χ1n) is 19.8. The Bertz CT molecular complexity index is 3280. The van der Waals surface area contributed by atoms with Crippen LogP contribution < -0.4 is 4.90 Å². The van der Waals surface area contributed by atoms with E-state index in [0.717, 1.165) is 55.7 Å². The summed E-state index contributed by atoms with van der Waals surface area (Å²) in [6, 6.07) is 80.7. The van der Waals surface area contributed by atoms with Crippen molar-refractivity contribution in [1.29, 1.82) is 0 Å². The summed E-state index contributed by atoms with van der Waals surface area (Å²) in [5, 5.41) is 7.26. The van der Waals surface area contributed by atoms with Crippen LogP contribution in [0.15, 0.2) is 229 Å². The predicted octanol–water partition coefficient (Wildman–Crippen LogP) is 16.0. The van der Waals surface area contributed by atoms with Gasteiger partial charge in [0.05, 0.1) is 0 Å². The molecule has 10 aromatic carbocycles. The molecule has 0 amide bonds. The van der Waals surface area contributed by atoms with E-state index in [4.69, 9.17) is 4.42 Å². The second-order valence-corrected chi connectivity index (χ2v) is 14.9. The van der Waals surface area contributed by atoms with Crippen LogP contribution in [0.3, 0.4) is 0 Å². The molecule has 0 aliphatic carbocycles. The maximum Gasteiger partial charge on any atom is 0.143 e. The monoisotopic (exact) mass is 739 g/mol. The Morgan fingerprint density at radius 2 is 0.793 bits per heavy atom. The van der Waals surface area contributed by atoms with Gasteiger partial charge in [-0.25, -0.2) is 0 Å². The highest BCUT2D eigenvalue weighted by Crippen LogP contribution is 2.41. The van der Waals surface area contributed by atoms with Crippen LogP contribution in [0.25, 0.3) is 88.0 Å². The summed E-state index contributed by atoms with van der Waals surface area (Å²) in [5.41, 5.74) is 14.4. The van der Waals surface area contributed by atoms with Crippen LogP contribution in [0, 0.1) is 0 Å². The minimum absolute atomic E-state index is 0.905. The van der Waals surface area contributed by atoms with Gasteiger partial charge >= 0.3 is 0 Å². The van der Waals surface area contributed by atoms with Gasteiger partial charge in [0.1, 0.15) is 11.2 Å². The van der Waals surface area contributed by atoms with Crippen molar-refractivity contribution in [2.24, 2.45) is 0 Å². The molecule has 0 bridgehead atoms. The average molecular weight is 740 g/mol. The minimum Gasteiger partial charge on any atom is -0.455 e. The van der Waals surface area contributed by atoms with Gasteiger partial charge in [0, 0.05) is 33.4 Å². The molecule has 2 nitrogen and oxygen atoms in total. The normalized spacial score (nSPS) is 11.4. The zero-order valence-corrected chi connectivity index (χ0v) is 31.7. The van der Waals surface area contributed by atoms with Gasteiger partial charge in [-0.15, -0.1) is 0 Å². The van der Waals surface area contributed by atoms with Gasteiger partial charge in [0.2, 0.25) is 0 Å². The summed E-state index contributed by atoms with van der Waals surface area (Å²) in [6.45, 7) is 0. The summed E-state index contributed by atoms with van der Waals surface area (Å²) >= 11 is 0. The number of hydrogen-bond donors (Lipinski definition) is 0. The van der Waals surface area contributed by atoms with Gasteiger partial charge in [-0.05, 0) is 109 Å². The molecule has 0 saturated carbocycles. The molecule has 0 fully saturated rings. The lowest BCUT2D eigenvalue weighted by Crippen LogP contribution is -2.10. The molecule has 1 aromatic heterocycles. The van der Waals surface area contributed by atoms with E-state index < -0.39 is 0 Å². The quantitative estimate of drug-likeness (QED) is 0.162. The van der Waals surface area contributed by atoms with Crippen molar-refractivity contribution < 1.29 is 4.42 Å². The second kappa shape index (κ2) is 14.1. The number of benzene rings is 10. The third-order valence-electron chi connectivity index (χ3n) is 11.5. The maximum absolute atomic E-state index is 6.43. The molecule has 2 heteroatoms. The molecule has 0 aliphatic rings. The van der Waals surface area contributed by atoms with Crippen LogP contribution in [-0.4, -0.2) is 0 Å². The molecular weight excluding hydrogens is 703 g/mol. The van der Waals surface area contributed by atoms with Crippen LogP contribution in [-0.2, 0) is 0 Å². The Kier molecular flexibility index (Phi) is 8.19. The van der Waals surface area contributed by atoms with E-state index >= 15 is 0 Å². The molecule has 11 aromatic rings. The smallest absolute Gasteiger partial charge is 0.143 e. The van der Waals surface area contributed by atoms with Crippen LogP contribution in [0.5, 0.6) is 0 Å². The van der Waals surface area contributed by atoms with Crippen LogP contribution in [0.4, 0.5) is 17.1 Å². The molecule has 58 heavy (non-hydrogen) atoms. The van der Waals surface area contributed by atoms with E-state index in [2.05, 4.69) is 217 Å². The molecule has 0 aliphatic heterocycles. The SMILES string of the molecule is c1cc(-c2ccc(-c3cccc4ccccc34)cc2)cc(N(c2ccc(-c3cccc4c3oc3ccccc34)cc2)c2cccc(-c3ccc4ccccc4c3)c2)c1. The lowest BCUT2D eigenvalue weighted by Gasteiger charge is -2.27. The third-order valence-corrected chi connectivity index (χ3v) is 11.5. The number of hydrogen-bond acceptors (Lipinski definition) is 2. The Labute approximate surface area is 337 Å². The maximum atomic E-state index is 6.43. The van der Waals surface area contributed by atoms with Gasteiger partial charge in [-0.3, -0.25) is 0 Å². The summed E-state index contributed by atoms with van der Waals surface area (Å²) < 4.78 is 6.43. The van der Waals surface area contributed by atoms with Crippen molar-refractivity contribution in [1.82, 2.24) is 0 Å². The van der Waals surface area contributed by atoms with Gasteiger partial charge in [0.15, 0.2) is 0 Å². The number of rotatable bonds is 7. The topological polar surface area (TPSA) is 16.4 Å². The van der Waals surface area contributed by atoms with Crippen molar-refractivity contribution in [3.63, 3.8) is 0 Å². The number of anilines is 3. The fourth-order valence-corrected chi connectivity index (χ4v) is 8.55. The van der Waals surface area contributed by atoms with E-state index in [1.165, 1.54) is 49.4 Å². The Morgan fingerprint density at radius 3 is 1.59 bits per heavy atom. The van der Waals surface area contributed by atoms with E-state index in [0.29, 0.717) is 0 Å². The van der Waals surface area contributed by atoms with Crippen molar-refractivity contribution in [2.75, 3.05) is 4.90 Å². The van der Waals surface area contributed by atoms with E-state index in [-0.39, 0.29) is 0 Å². The predicted molar refractivity (Wildman–Crippen MR) is 245 cm³/mol. The highest BCUT2D eigenvalue weighted by Gasteiger charge is 2.17. The van der Waals surface area contributed by atoms with E-state index in [1.54, 1.807) is 0 Å². The van der Waals surface area contributed by atoms with Gasteiger partial charge in [-0.1, -0.05) is 176 Å². The van der Waals surface area contributed by atoms with Crippen LogP contribution in [0.2, 0.25) is 0 Å². The number of furan rings is 1. The summed E-state index contributed by atoms with van der Waals surface area (Å²) in [7, 11) is 0. The van der Waals surface area contributed by atoms with Crippen molar-refractivity contribution in [2.45, 2.75) is 0 Å². The highest BCUT2D eigenvalue weighted by molar-refractivity contribution is 6.09. The Morgan fingerprint density at radius 1 is 0.276 bits per heavy atom. The standard InChI is InChI=1S/C56H37NO/c1-2-13-43-35-46(30-27-38(43)11-1)45-16-8-18-49(37-45)57(47-33-31-42(32-34-47)52-22-10-23-54-53-20-5-6-24-55(53)58-56(52)54)48-17-7-15-44(36-48)39-25-28-41(29-26-39)51-21-9-14-40-12-3-4-19-50(40)51/h1-37H. The lowest BCUT2D eigenvalue weighted by atomic mass is 9.96. The first-order valence-corrected chi connectivity index (χ1v) is 19.8. The Balaban J connectivity index is 1.00.